The van der Waals surface area contributed by atoms with Gasteiger partial charge in [-0.2, -0.15) is 0 Å². The summed E-state index contributed by atoms with van der Waals surface area (Å²) < 4.78 is 0. The molecule has 0 bridgehead atoms. The number of hydrogen-bond acceptors (Lipinski definition) is 3. The highest BCUT2D eigenvalue weighted by Gasteiger charge is 2.06. The molecule has 70 valence electrons. The first-order valence-corrected chi connectivity index (χ1v) is 4.80. The van der Waals surface area contributed by atoms with Crippen LogP contribution >= 0.6 is 11.3 Å². The van der Waals surface area contributed by atoms with E-state index >= 15 is 0 Å². The molecular formula is C9H11NO2S. The average Bonchev–Trinajstić information content (AvgIpc) is 2.47. The summed E-state index contributed by atoms with van der Waals surface area (Å²) in [6.45, 7) is 3.49. The molecule has 1 aromatic heterocycles. The van der Waals surface area contributed by atoms with Crippen LogP contribution in [0.3, 0.4) is 0 Å². The Hall–Kier alpha value is -1.16. The number of thiophene rings is 1. The maximum atomic E-state index is 11.3. The number of ketones is 1. The molecule has 0 aliphatic carbocycles. The lowest BCUT2D eigenvalue weighted by Gasteiger charge is -1.98. The summed E-state index contributed by atoms with van der Waals surface area (Å²) in [6, 6.07) is 1.81. The minimum absolute atomic E-state index is 0.0414. The first kappa shape index (κ1) is 9.92. The Bertz CT molecular complexity index is 330. The second-order valence-corrected chi connectivity index (χ2v) is 3.95. The molecule has 0 unspecified atom stereocenters. The van der Waals surface area contributed by atoms with Gasteiger partial charge in [0.2, 0.25) is 0 Å². The standard InChI is InChI=1S/C9H11NO2S/c1-6(11)4-10-9(12)8-3-7(2)13-5-8/h3,5H,4H2,1-2H3,(H,10,12). The van der Waals surface area contributed by atoms with E-state index in [0.717, 1.165) is 4.88 Å². The molecule has 1 heterocycles. The molecule has 4 heteroatoms. The van der Waals surface area contributed by atoms with E-state index < -0.39 is 0 Å². The van der Waals surface area contributed by atoms with Crippen LogP contribution in [0.5, 0.6) is 0 Å². The van der Waals surface area contributed by atoms with Crippen molar-refractivity contribution in [2.75, 3.05) is 6.54 Å². The first-order chi connectivity index (χ1) is 6.09. The highest BCUT2D eigenvalue weighted by Crippen LogP contribution is 2.12. The van der Waals surface area contributed by atoms with Gasteiger partial charge in [-0.1, -0.05) is 0 Å². The molecule has 13 heavy (non-hydrogen) atoms. The van der Waals surface area contributed by atoms with Gasteiger partial charge in [0.15, 0.2) is 0 Å². The fourth-order valence-corrected chi connectivity index (χ4v) is 1.55. The molecule has 0 aliphatic heterocycles. The van der Waals surface area contributed by atoms with Gasteiger partial charge >= 0.3 is 0 Å². The second-order valence-electron chi connectivity index (χ2n) is 2.83. The summed E-state index contributed by atoms with van der Waals surface area (Å²) >= 11 is 1.52. The van der Waals surface area contributed by atoms with Crippen molar-refractivity contribution in [3.05, 3.63) is 21.9 Å². The van der Waals surface area contributed by atoms with Gasteiger partial charge in [-0.25, -0.2) is 0 Å². The normalized spacial score (nSPS) is 9.69. The molecular weight excluding hydrogens is 186 g/mol. The maximum Gasteiger partial charge on any atom is 0.252 e. The lowest BCUT2D eigenvalue weighted by Crippen LogP contribution is -2.27. The van der Waals surface area contributed by atoms with Gasteiger partial charge in [0, 0.05) is 10.3 Å². The van der Waals surface area contributed by atoms with Crippen LogP contribution in [0.15, 0.2) is 11.4 Å². The van der Waals surface area contributed by atoms with Gasteiger partial charge in [0.1, 0.15) is 5.78 Å². The molecule has 0 saturated heterocycles. The van der Waals surface area contributed by atoms with Crippen LogP contribution in [0.25, 0.3) is 0 Å². The lowest BCUT2D eigenvalue weighted by molar-refractivity contribution is -0.116. The van der Waals surface area contributed by atoms with Crippen LogP contribution in [0.4, 0.5) is 0 Å². The van der Waals surface area contributed by atoms with Crippen molar-refractivity contribution in [3.8, 4) is 0 Å². The topological polar surface area (TPSA) is 46.2 Å². The lowest BCUT2D eigenvalue weighted by atomic mass is 10.3. The van der Waals surface area contributed by atoms with E-state index in [9.17, 15) is 9.59 Å². The predicted molar refractivity (Wildman–Crippen MR) is 52.1 cm³/mol. The van der Waals surface area contributed by atoms with Crippen LogP contribution in [0, 0.1) is 6.92 Å². The zero-order valence-corrected chi connectivity index (χ0v) is 8.40. The molecule has 0 saturated carbocycles. The molecule has 1 rings (SSSR count). The van der Waals surface area contributed by atoms with Gasteiger partial charge in [0.05, 0.1) is 12.1 Å². The Kier molecular flexibility index (Phi) is 3.19. The quantitative estimate of drug-likeness (QED) is 0.795. The Morgan fingerprint density at radius 3 is 2.69 bits per heavy atom. The second kappa shape index (κ2) is 4.18. The number of aryl methyl sites for hydroxylation is 1. The van der Waals surface area contributed by atoms with Crippen LogP contribution in [0.2, 0.25) is 0 Å². The summed E-state index contributed by atoms with van der Waals surface area (Å²) in [5.74, 6) is -0.222. The monoisotopic (exact) mass is 197 g/mol. The Morgan fingerprint density at radius 2 is 2.23 bits per heavy atom. The van der Waals surface area contributed by atoms with Gasteiger partial charge in [-0.15, -0.1) is 11.3 Å². The van der Waals surface area contributed by atoms with Gasteiger partial charge in [0.25, 0.3) is 5.91 Å². The minimum atomic E-state index is -0.181. The van der Waals surface area contributed by atoms with E-state index in [4.69, 9.17) is 0 Å². The largest absolute Gasteiger partial charge is 0.345 e. The SMILES string of the molecule is CC(=O)CNC(=O)c1csc(C)c1. The van der Waals surface area contributed by atoms with Crippen LogP contribution < -0.4 is 5.32 Å². The molecule has 0 aliphatic rings. The van der Waals surface area contributed by atoms with E-state index in [1.54, 1.807) is 11.4 Å². The van der Waals surface area contributed by atoms with Gasteiger partial charge in [-0.05, 0) is 19.9 Å². The van der Waals surface area contributed by atoms with Gasteiger partial charge < -0.3 is 5.32 Å². The highest BCUT2D eigenvalue weighted by molar-refractivity contribution is 7.10. The number of nitrogens with one attached hydrogen (secondary N) is 1. The van der Waals surface area contributed by atoms with E-state index in [0.29, 0.717) is 5.56 Å². The maximum absolute atomic E-state index is 11.3. The zero-order valence-electron chi connectivity index (χ0n) is 7.59. The van der Waals surface area contributed by atoms with Crippen molar-refractivity contribution < 1.29 is 9.59 Å². The number of rotatable bonds is 3. The average molecular weight is 197 g/mol. The summed E-state index contributed by atoms with van der Waals surface area (Å²) in [4.78, 5) is 23.0. The van der Waals surface area contributed by atoms with Crippen molar-refractivity contribution in [1.82, 2.24) is 5.32 Å². The molecule has 1 N–H and O–H groups in total. The third-order valence-electron chi connectivity index (χ3n) is 1.49. The van der Waals surface area contributed by atoms with Crippen molar-refractivity contribution in [2.45, 2.75) is 13.8 Å². The van der Waals surface area contributed by atoms with E-state index in [-0.39, 0.29) is 18.2 Å². The number of amides is 1. The van der Waals surface area contributed by atoms with Crippen molar-refractivity contribution >= 4 is 23.0 Å². The molecule has 0 spiro atoms. The molecule has 0 fully saturated rings. The molecule has 1 amide bonds. The van der Waals surface area contributed by atoms with Crippen molar-refractivity contribution in [2.24, 2.45) is 0 Å². The van der Waals surface area contributed by atoms with E-state index in [1.807, 2.05) is 6.92 Å². The highest BCUT2D eigenvalue weighted by atomic mass is 32.1. The Balaban J connectivity index is 2.54. The van der Waals surface area contributed by atoms with Crippen LogP contribution in [-0.4, -0.2) is 18.2 Å². The van der Waals surface area contributed by atoms with E-state index in [1.165, 1.54) is 18.3 Å². The summed E-state index contributed by atoms with van der Waals surface area (Å²) in [5, 5.41) is 4.31. The molecule has 0 atom stereocenters. The van der Waals surface area contributed by atoms with Gasteiger partial charge in [-0.3, -0.25) is 9.59 Å². The first-order valence-electron chi connectivity index (χ1n) is 3.92. The smallest absolute Gasteiger partial charge is 0.252 e. The molecule has 0 aromatic carbocycles. The van der Waals surface area contributed by atoms with E-state index in [2.05, 4.69) is 5.32 Å². The molecule has 1 aromatic rings. The third-order valence-corrected chi connectivity index (χ3v) is 2.35. The minimum Gasteiger partial charge on any atom is -0.345 e. The Labute approximate surface area is 80.8 Å². The van der Waals surface area contributed by atoms with Crippen molar-refractivity contribution in [3.63, 3.8) is 0 Å². The number of carbonyl (C=O) groups is 2. The zero-order chi connectivity index (χ0) is 9.84. The molecule has 3 nitrogen and oxygen atoms in total. The van der Waals surface area contributed by atoms with Crippen LogP contribution in [-0.2, 0) is 4.79 Å². The fourth-order valence-electron chi connectivity index (χ4n) is 0.869. The number of hydrogen-bond donors (Lipinski definition) is 1. The fraction of sp³-hybridized carbons (Fsp3) is 0.333. The summed E-state index contributed by atoms with van der Waals surface area (Å²) in [6.07, 6.45) is 0. The number of Topliss-reactive ketones (excluding diaryl/α,β-unsaturated/α-hetero) is 1. The van der Waals surface area contributed by atoms with Crippen molar-refractivity contribution in [1.29, 1.82) is 0 Å². The summed E-state index contributed by atoms with van der Waals surface area (Å²) in [7, 11) is 0. The summed E-state index contributed by atoms with van der Waals surface area (Å²) in [5.41, 5.74) is 0.628. The van der Waals surface area contributed by atoms with Crippen LogP contribution in [0.1, 0.15) is 22.2 Å². The third kappa shape index (κ3) is 2.99. The molecule has 0 radical (unpaired) electrons. The Morgan fingerprint density at radius 1 is 1.54 bits per heavy atom. The number of carbonyl (C=O) groups excluding carboxylic acids is 2. The predicted octanol–water partition coefficient (Wildman–Crippen LogP) is 1.38.